The van der Waals surface area contributed by atoms with E-state index in [2.05, 4.69) is 12.6 Å². The minimum Gasteiger partial charge on any atom is -0.390 e. The van der Waals surface area contributed by atoms with Crippen LogP contribution in [0.25, 0.3) is 0 Å². The first kappa shape index (κ1) is 10.3. The average molecular weight is 162 g/mol. The van der Waals surface area contributed by atoms with Gasteiger partial charge in [0.1, 0.15) is 0 Å². The fourth-order valence-electron chi connectivity index (χ4n) is 0.846. The third-order valence-corrected chi connectivity index (χ3v) is 1.76. The van der Waals surface area contributed by atoms with Crippen molar-refractivity contribution >= 4 is 12.6 Å². The van der Waals surface area contributed by atoms with E-state index < -0.39 is 5.60 Å². The molecule has 0 amide bonds. The molecule has 0 saturated heterocycles. The SMILES string of the molecule is CC(C)(O)CCCCCS. The zero-order chi connectivity index (χ0) is 8.04. The Hall–Kier alpha value is 0.310. The van der Waals surface area contributed by atoms with Gasteiger partial charge in [-0.05, 0) is 32.4 Å². The number of unbranched alkanes of at least 4 members (excludes halogenated alkanes) is 2. The van der Waals surface area contributed by atoms with Crippen LogP contribution in [-0.4, -0.2) is 16.5 Å². The summed E-state index contributed by atoms with van der Waals surface area (Å²) in [7, 11) is 0. The molecular formula is C8H18OS. The lowest BCUT2D eigenvalue weighted by Gasteiger charge is -2.15. The third kappa shape index (κ3) is 8.31. The molecule has 0 bridgehead atoms. The van der Waals surface area contributed by atoms with Gasteiger partial charge >= 0.3 is 0 Å². The Balaban J connectivity index is 3.04. The summed E-state index contributed by atoms with van der Waals surface area (Å²) in [5.74, 6) is 0.964. The van der Waals surface area contributed by atoms with E-state index in [-0.39, 0.29) is 0 Å². The van der Waals surface area contributed by atoms with Crippen molar-refractivity contribution in [3.63, 3.8) is 0 Å². The summed E-state index contributed by atoms with van der Waals surface area (Å²) in [6, 6.07) is 0. The predicted octanol–water partition coefficient (Wildman–Crippen LogP) is 2.25. The Labute approximate surface area is 69.2 Å². The number of thiol groups is 1. The van der Waals surface area contributed by atoms with Crippen LogP contribution in [0.1, 0.15) is 39.5 Å². The molecule has 0 aromatic carbocycles. The molecule has 1 N–H and O–H groups in total. The molecule has 2 heteroatoms. The van der Waals surface area contributed by atoms with Crippen molar-refractivity contribution in [2.45, 2.75) is 45.1 Å². The lowest BCUT2D eigenvalue weighted by atomic mass is 10.0. The molecule has 0 saturated carbocycles. The largest absolute Gasteiger partial charge is 0.390 e. The molecule has 0 spiro atoms. The summed E-state index contributed by atoms with van der Waals surface area (Å²) in [6.07, 6.45) is 4.37. The minimum absolute atomic E-state index is 0.476. The summed E-state index contributed by atoms with van der Waals surface area (Å²) >= 11 is 4.10. The normalized spacial score (nSPS) is 12.0. The van der Waals surface area contributed by atoms with E-state index >= 15 is 0 Å². The quantitative estimate of drug-likeness (QED) is 0.469. The molecule has 0 aliphatic carbocycles. The molecule has 1 nitrogen and oxygen atoms in total. The maximum atomic E-state index is 9.30. The maximum absolute atomic E-state index is 9.30. The Morgan fingerprint density at radius 3 is 2.20 bits per heavy atom. The van der Waals surface area contributed by atoms with Crippen LogP contribution >= 0.6 is 12.6 Å². The monoisotopic (exact) mass is 162 g/mol. The topological polar surface area (TPSA) is 20.2 Å². The summed E-state index contributed by atoms with van der Waals surface area (Å²) in [5, 5.41) is 9.30. The van der Waals surface area contributed by atoms with Crippen LogP contribution in [0.3, 0.4) is 0 Å². The van der Waals surface area contributed by atoms with E-state index in [0.29, 0.717) is 0 Å². The summed E-state index contributed by atoms with van der Waals surface area (Å²) in [6.45, 7) is 3.71. The molecule has 0 aliphatic heterocycles. The lowest BCUT2D eigenvalue weighted by Crippen LogP contribution is -2.17. The van der Waals surface area contributed by atoms with E-state index in [0.717, 1.165) is 18.6 Å². The number of hydrogen-bond acceptors (Lipinski definition) is 2. The van der Waals surface area contributed by atoms with Gasteiger partial charge in [-0.1, -0.05) is 12.8 Å². The average Bonchev–Trinajstić information content (AvgIpc) is 1.78. The number of hydrogen-bond donors (Lipinski definition) is 2. The highest BCUT2D eigenvalue weighted by Gasteiger charge is 2.10. The van der Waals surface area contributed by atoms with Crippen LogP contribution in [0.5, 0.6) is 0 Å². The first-order valence-electron chi connectivity index (χ1n) is 3.89. The van der Waals surface area contributed by atoms with Crippen molar-refractivity contribution < 1.29 is 5.11 Å². The minimum atomic E-state index is -0.476. The van der Waals surface area contributed by atoms with Crippen LogP contribution < -0.4 is 0 Å². The molecule has 0 aromatic heterocycles. The fourth-order valence-corrected chi connectivity index (χ4v) is 1.07. The smallest absolute Gasteiger partial charge is 0.0591 e. The van der Waals surface area contributed by atoms with E-state index in [9.17, 15) is 5.11 Å². The fraction of sp³-hybridized carbons (Fsp3) is 1.00. The van der Waals surface area contributed by atoms with Crippen molar-refractivity contribution in [2.75, 3.05) is 5.75 Å². The Morgan fingerprint density at radius 1 is 1.20 bits per heavy atom. The van der Waals surface area contributed by atoms with Crippen molar-refractivity contribution in [3.05, 3.63) is 0 Å². The van der Waals surface area contributed by atoms with Crippen LogP contribution in [-0.2, 0) is 0 Å². The Morgan fingerprint density at radius 2 is 1.80 bits per heavy atom. The molecule has 0 heterocycles. The molecule has 0 rings (SSSR count). The van der Waals surface area contributed by atoms with E-state index in [1.165, 1.54) is 12.8 Å². The molecule has 0 fully saturated rings. The molecule has 10 heavy (non-hydrogen) atoms. The van der Waals surface area contributed by atoms with Crippen LogP contribution in [0.4, 0.5) is 0 Å². The van der Waals surface area contributed by atoms with Gasteiger partial charge in [0.25, 0.3) is 0 Å². The molecular weight excluding hydrogens is 144 g/mol. The van der Waals surface area contributed by atoms with Crippen molar-refractivity contribution in [2.24, 2.45) is 0 Å². The zero-order valence-electron chi connectivity index (χ0n) is 6.93. The van der Waals surface area contributed by atoms with Gasteiger partial charge in [0.15, 0.2) is 0 Å². The molecule has 0 unspecified atom stereocenters. The van der Waals surface area contributed by atoms with Gasteiger partial charge in [0.2, 0.25) is 0 Å². The lowest BCUT2D eigenvalue weighted by molar-refractivity contribution is 0.0682. The zero-order valence-corrected chi connectivity index (χ0v) is 7.82. The van der Waals surface area contributed by atoms with E-state index in [1.807, 2.05) is 13.8 Å². The summed E-state index contributed by atoms with van der Waals surface area (Å²) in [4.78, 5) is 0. The van der Waals surface area contributed by atoms with Crippen molar-refractivity contribution in [3.8, 4) is 0 Å². The Kier molecular flexibility index (Phi) is 5.18. The van der Waals surface area contributed by atoms with Gasteiger partial charge in [0, 0.05) is 0 Å². The van der Waals surface area contributed by atoms with Gasteiger partial charge in [-0.2, -0.15) is 12.6 Å². The Bertz CT molecular complexity index is 75.8. The van der Waals surface area contributed by atoms with Crippen molar-refractivity contribution in [1.82, 2.24) is 0 Å². The van der Waals surface area contributed by atoms with Crippen LogP contribution in [0.15, 0.2) is 0 Å². The van der Waals surface area contributed by atoms with Gasteiger partial charge in [-0.25, -0.2) is 0 Å². The molecule has 0 aromatic rings. The van der Waals surface area contributed by atoms with Crippen LogP contribution in [0.2, 0.25) is 0 Å². The van der Waals surface area contributed by atoms with Crippen molar-refractivity contribution in [1.29, 1.82) is 0 Å². The number of aliphatic hydroxyl groups is 1. The first-order valence-corrected chi connectivity index (χ1v) is 4.53. The first-order chi connectivity index (χ1) is 4.56. The van der Waals surface area contributed by atoms with Gasteiger partial charge < -0.3 is 5.11 Å². The highest BCUT2D eigenvalue weighted by molar-refractivity contribution is 7.80. The molecule has 62 valence electrons. The van der Waals surface area contributed by atoms with Crippen LogP contribution in [0, 0.1) is 0 Å². The molecule has 0 atom stereocenters. The standard InChI is InChI=1S/C8H18OS/c1-8(2,9)6-4-3-5-7-10/h9-10H,3-7H2,1-2H3. The van der Waals surface area contributed by atoms with E-state index in [4.69, 9.17) is 0 Å². The van der Waals surface area contributed by atoms with Gasteiger partial charge in [-0.3, -0.25) is 0 Å². The summed E-state index contributed by atoms with van der Waals surface area (Å²) in [5.41, 5.74) is -0.476. The molecule has 0 aliphatic rings. The number of rotatable bonds is 5. The third-order valence-electron chi connectivity index (χ3n) is 1.45. The second-order valence-corrected chi connectivity index (χ2v) is 3.79. The highest BCUT2D eigenvalue weighted by atomic mass is 32.1. The van der Waals surface area contributed by atoms with Gasteiger partial charge in [-0.15, -0.1) is 0 Å². The summed E-state index contributed by atoms with van der Waals surface area (Å²) < 4.78 is 0. The van der Waals surface area contributed by atoms with E-state index in [1.54, 1.807) is 0 Å². The highest BCUT2D eigenvalue weighted by Crippen LogP contribution is 2.12. The predicted molar refractivity (Wildman–Crippen MR) is 48.6 cm³/mol. The second-order valence-electron chi connectivity index (χ2n) is 3.35. The second kappa shape index (κ2) is 5.03. The maximum Gasteiger partial charge on any atom is 0.0591 e. The van der Waals surface area contributed by atoms with Gasteiger partial charge in [0.05, 0.1) is 5.60 Å². The molecule has 0 radical (unpaired) electrons.